The first kappa shape index (κ1) is 22.1. The maximum absolute atomic E-state index is 12.9. The summed E-state index contributed by atoms with van der Waals surface area (Å²) in [6.07, 6.45) is 0. The molecule has 0 spiro atoms. The van der Waals surface area contributed by atoms with Gasteiger partial charge in [0.05, 0.1) is 5.75 Å². The number of ketones is 2. The lowest BCUT2D eigenvalue weighted by molar-refractivity contribution is -0.113. The second kappa shape index (κ2) is 8.89. The van der Waals surface area contributed by atoms with Crippen molar-refractivity contribution in [3.8, 4) is 11.4 Å². The average Bonchev–Trinajstić information content (AvgIpc) is 3.22. The van der Waals surface area contributed by atoms with Gasteiger partial charge in [0.1, 0.15) is 0 Å². The molecule has 4 aromatic rings. The Morgan fingerprint density at radius 3 is 2.26 bits per heavy atom. The summed E-state index contributed by atoms with van der Waals surface area (Å²) in [4.78, 5) is 38.2. The zero-order chi connectivity index (χ0) is 23.8. The Balaban J connectivity index is 1.28. The zero-order valence-corrected chi connectivity index (χ0v) is 19.5. The molecule has 0 saturated heterocycles. The number of hydrogen-bond acceptors (Lipinski definition) is 6. The molecule has 0 saturated carbocycles. The molecule has 1 aromatic heterocycles. The summed E-state index contributed by atoms with van der Waals surface area (Å²) in [6, 6.07) is 18.8. The number of nitrogens with zero attached hydrogens (tertiary/aromatic N) is 3. The first-order valence-corrected chi connectivity index (χ1v) is 11.7. The summed E-state index contributed by atoms with van der Waals surface area (Å²) in [5, 5.41) is 12.4. The molecule has 0 fully saturated rings. The van der Waals surface area contributed by atoms with E-state index in [0.29, 0.717) is 38.4 Å². The van der Waals surface area contributed by atoms with Crippen molar-refractivity contribution in [1.29, 1.82) is 0 Å². The van der Waals surface area contributed by atoms with E-state index >= 15 is 0 Å². The van der Waals surface area contributed by atoms with Crippen molar-refractivity contribution in [2.75, 3.05) is 11.1 Å². The van der Waals surface area contributed by atoms with Gasteiger partial charge in [-0.15, -0.1) is 10.2 Å². The molecule has 0 radical (unpaired) electrons. The van der Waals surface area contributed by atoms with Crippen molar-refractivity contribution >= 4 is 46.5 Å². The minimum absolute atomic E-state index is 0.0966. The fraction of sp³-hybridized carbons (Fsp3) is 0.0800. The van der Waals surface area contributed by atoms with Gasteiger partial charge in [-0.25, -0.2) is 0 Å². The van der Waals surface area contributed by atoms with Crippen LogP contribution in [0.15, 0.2) is 71.9 Å². The van der Waals surface area contributed by atoms with Crippen LogP contribution in [0.1, 0.15) is 31.8 Å². The van der Waals surface area contributed by atoms with Crippen molar-refractivity contribution in [3.05, 3.63) is 94.0 Å². The molecule has 1 N–H and O–H groups in total. The van der Waals surface area contributed by atoms with Crippen LogP contribution in [0.4, 0.5) is 5.69 Å². The SMILES string of the molecule is Cn1c(SCC(=O)Nc2ccc3c(c2)C(=O)c2ccccc2C3=O)nnc1-c1ccc(Cl)cc1. The molecule has 0 unspecified atom stereocenters. The largest absolute Gasteiger partial charge is 0.325 e. The molecule has 0 bridgehead atoms. The summed E-state index contributed by atoms with van der Waals surface area (Å²) in [6.45, 7) is 0. The third kappa shape index (κ3) is 4.02. The highest BCUT2D eigenvalue weighted by atomic mass is 35.5. The van der Waals surface area contributed by atoms with Gasteiger partial charge in [0.2, 0.25) is 5.91 Å². The number of fused-ring (bicyclic) bond motifs is 2. The second-order valence-electron chi connectivity index (χ2n) is 7.67. The maximum atomic E-state index is 12.9. The second-order valence-corrected chi connectivity index (χ2v) is 9.05. The van der Waals surface area contributed by atoms with E-state index in [1.165, 1.54) is 11.8 Å². The lowest BCUT2D eigenvalue weighted by Crippen LogP contribution is -2.21. The average molecular weight is 489 g/mol. The number of benzene rings is 3. The van der Waals surface area contributed by atoms with E-state index in [0.717, 1.165) is 5.56 Å². The molecular weight excluding hydrogens is 472 g/mol. The number of rotatable bonds is 5. The van der Waals surface area contributed by atoms with Crippen LogP contribution in [0.5, 0.6) is 0 Å². The van der Waals surface area contributed by atoms with E-state index < -0.39 is 0 Å². The molecule has 168 valence electrons. The highest BCUT2D eigenvalue weighted by Gasteiger charge is 2.29. The Hall–Kier alpha value is -3.75. The number of thioether (sulfide) groups is 1. The predicted octanol–water partition coefficient (Wildman–Crippen LogP) is 4.64. The van der Waals surface area contributed by atoms with Gasteiger partial charge in [0, 0.05) is 45.6 Å². The smallest absolute Gasteiger partial charge is 0.234 e. The minimum Gasteiger partial charge on any atom is -0.325 e. The Morgan fingerprint density at radius 1 is 0.912 bits per heavy atom. The van der Waals surface area contributed by atoms with Gasteiger partial charge in [0.15, 0.2) is 22.5 Å². The molecule has 1 aliphatic rings. The van der Waals surface area contributed by atoms with E-state index in [-0.39, 0.29) is 28.8 Å². The highest BCUT2D eigenvalue weighted by molar-refractivity contribution is 7.99. The van der Waals surface area contributed by atoms with Gasteiger partial charge < -0.3 is 9.88 Å². The summed E-state index contributed by atoms with van der Waals surface area (Å²) in [5.41, 5.74) is 2.71. The number of amides is 1. The van der Waals surface area contributed by atoms with Gasteiger partial charge in [0.25, 0.3) is 0 Å². The van der Waals surface area contributed by atoms with Crippen molar-refractivity contribution in [2.24, 2.45) is 7.05 Å². The Morgan fingerprint density at radius 2 is 1.56 bits per heavy atom. The molecule has 1 amide bonds. The van der Waals surface area contributed by atoms with Crippen LogP contribution in [0.3, 0.4) is 0 Å². The van der Waals surface area contributed by atoms with Crippen LogP contribution in [0.2, 0.25) is 5.02 Å². The third-order valence-electron chi connectivity index (χ3n) is 5.48. The number of carbonyl (C=O) groups excluding carboxylic acids is 3. The van der Waals surface area contributed by atoms with Gasteiger partial charge in [-0.05, 0) is 42.5 Å². The molecule has 34 heavy (non-hydrogen) atoms. The number of anilines is 1. The van der Waals surface area contributed by atoms with Crippen molar-refractivity contribution in [3.63, 3.8) is 0 Å². The zero-order valence-electron chi connectivity index (χ0n) is 17.9. The molecule has 3 aromatic carbocycles. The molecule has 0 aliphatic heterocycles. The molecule has 9 heteroatoms. The lowest BCUT2D eigenvalue weighted by Gasteiger charge is -2.18. The van der Waals surface area contributed by atoms with Crippen LogP contribution in [0.25, 0.3) is 11.4 Å². The number of hydrogen-bond donors (Lipinski definition) is 1. The van der Waals surface area contributed by atoms with Gasteiger partial charge >= 0.3 is 0 Å². The maximum Gasteiger partial charge on any atom is 0.234 e. The van der Waals surface area contributed by atoms with Crippen LogP contribution in [-0.4, -0.2) is 38.0 Å². The monoisotopic (exact) mass is 488 g/mol. The predicted molar refractivity (Wildman–Crippen MR) is 131 cm³/mol. The van der Waals surface area contributed by atoms with Crippen molar-refractivity contribution in [1.82, 2.24) is 14.8 Å². The fourth-order valence-electron chi connectivity index (χ4n) is 3.80. The van der Waals surface area contributed by atoms with E-state index in [9.17, 15) is 14.4 Å². The summed E-state index contributed by atoms with van der Waals surface area (Å²) in [5.74, 6) is 0.0648. The molecule has 5 rings (SSSR count). The Kier molecular flexibility index (Phi) is 5.77. The summed E-state index contributed by atoms with van der Waals surface area (Å²) in [7, 11) is 1.83. The molecule has 1 aliphatic carbocycles. The third-order valence-corrected chi connectivity index (χ3v) is 6.75. The number of nitrogens with one attached hydrogen (secondary N) is 1. The van der Waals surface area contributed by atoms with Crippen LogP contribution < -0.4 is 5.32 Å². The van der Waals surface area contributed by atoms with Crippen LogP contribution in [-0.2, 0) is 11.8 Å². The van der Waals surface area contributed by atoms with Gasteiger partial charge in [-0.2, -0.15) is 0 Å². The summed E-state index contributed by atoms with van der Waals surface area (Å²) >= 11 is 7.19. The lowest BCUT2D eigenvalue weighted by atomic mass is 9.84. The van der Waals surface area contributed by atoms with Crippen LogP contribution in [0, 0.1) is 0 Å². The van der Waals surface area contributed by atoms with Gasteiger partial charge in [-0.1, -0.05) is 47.6 Å². The summed E-state index contributed by atoms with van der Waals surface area (Å²) < 4.78 is 1.81. The molecule has 1 heterocycles. The Labute approximate surface area is 204 Å². The highest BCUT2D eigenvalue weighted by Crippen LogP contribution is 2.29. The van der Waals surface area contributed by atoms with E-state index in [1.807, 2.05) is 23.7 Å². The Bertz CT molecular complexity index is 1460. The molecular formula is C25H17ClN4O3S. The number of carbonyl (C=O) groups is 3. The molecule has 0 atom stereocenters. The first-order valence-electron chi connectivity index (χ1n) is 10.3. The standard InChI is InChI=1S/C25H17ClN4O3S/c1-30-24(14-6-8-15(26)9-7-14)28-29-25(30)34-13-21(31)27-16-10-11-19-20(12-16)23(33)18-5-3-2-4-17(18)22(19)32/h2-12H,13H2,1H3,(H,27,31). The van der Waals surface area contributed by atoms with E-state index in [2.05, 4.69) is 15.5 Å². The van der Waals surface area contributed by atoms with Crippen LogP contribution >= 0.6 is 23.4 Å². The first-order chi connectivity index (χ1) is 16.4. The number of aromatic nitrogens is 3. The van der Waals surface area contributed by atoms with Crippen molar-refractivity contribution in [2.45, 2.75) is 5.16 Å². The topological polar surface area (TPSA) is 94.0 Å². The van der Waals surface area contributed by atoms with E-state index in [1.54, 1.807) is 54.6 Å². The molecule has 7 nitrogen and oxygen atoms in total. The fourth-order valence-corrected chi connectivity index (χ4v) is 4.63. The van der Waals surface area contributed by atoms with Crippen molar-refractivity contribution < 1.29 is 14.4 Å². The minimum atomic E-state index is -0.268. The van der Waals surface area contributed by atoms with Gasteiger partial charge in [-0.3, -0.25) is 14.4 Å². The number of halogens is 1. The quantitative estimate of drug-likeness (QED) is 0.362. The van der Waals surface area contributed by atoms with E-state index in [4.69, 9.17) is 11.6 Å². The normalized spacial score (nSPS) is 12.3.